The van der Waals surface area contributed by atoms with Gasteiger partial charge in [-0.1, -0.05) is 23.2 Å². The van der Waals surface area contributed by atoms with Crippen molar-refractivity contribution in [3.63, 3.8) is 0 Å². The topological polar surface area (TPSA) is 41.5 Å². The van der Waals surface area contributed by atoms with Crippen molar-refractivity contribution in [2.24, 2.45) is 4.99 Å². The highest BCUT2D eigenvalue weighted by Crippen LogP contribution is 2.27. The number of hydrogen-bond acceptors (Lipinski definition) is 3. The Bertz CT molecular complexity index is 249. The maximum absolute atomic E-state index is 10.2. The van der Waals surface area contributed by atoms with E-state index in [1.807, 2.05) is 0 Å². The molecule has 0 fully saturated rings. The van der Waals surface area contributed by atoms with Crippen molar-refractivity contribution < 1.29 is 4.79 Å². The summed E-state index contributed by atoms with van der Waals surface area (Å²) >= 11 is 14.3. The maximum atomic E-state index is 10.2. The fourth-order valence-electron chi connectivity index (χ4n) is 0.526. The first-order chi connectivity index (χ1) is 5.05. The molecule has 60 valence electrons. The first-order valence-electron chi connectivity index (χ1n) is 2.61. The average Bonchev–Trinajstić information content (AvgIpc) is 1.86. The van der Waals surface area contributed by atoms with Gasteiger partial charge in [0.2, 0.25) is 0 Å². The highest BCUT2D eigenvalue weighted by atomic mass is 79.9. The van der Waals surface area contributed by atoms with Crippen LogP contribution >= 0.6 is 39.1 Å². The van der Waals surface area contributed by atoms with E-state index in [-0.39, 0.29) is 10.7 Å². The molecule has 0 saturated heterocycles. The summed E-state index contributed by atoms with van der Waals surface area (Å²) < 4.78 is -1.11. The summed E-state index contributed by atoms with van der Waals surface area (Å²) in [5.74, 6) is 0. The fourth-order valence-corrected chi connectivity index (χ4v) is 1.36. The van der Waals surface area contributed by atoms with E-state index in [9.17, 15) is 4.79 Å². The molecule has 3 nitrogen and oxygen atoms in total. The molecule has 1 N–H and O–H groups in total. The first kappa shape index (κ1) is 9.03. The van der Waals surface area contributed by atoms with Crippen molar-refractivity contribution >= 4 is 51.6 Å². The van der Waals surface area contributed by atoms with Gasteiger partial charge in [0.25, 0.3) is 4.03 Å². The molecule has 1 aliphatic heterocycles. The van der Waals surface area contributed by atoms with Crippen LogP contribution in [0.4, 0.5) is 0 Å². The molecule has 0 aromatic heterocycles. The number of carbonyl (C=O) groups excluding carboxylic acids is 1. The molecular formula is C5H3BrCl2N2O. The predicted molar refractivity (Wildman–Crippen MR) is 48.1 cm³/mol. The number of rotatable bonds is 1. The minimum atomic E-state index is -1.11. The number of carbonyl (C=O) groups is 1. The largest absolute Gasteiger partial charge is 0.329 e. The Morgan fingerprint density at radius 3 is 2.91 bits per heavy atom. The van der Waals surface area contributed by atoms with Crippen LogP contribution in [0.5, 0.6) is 0 Å². The summed E-state index contributed by atoms with van der Waals surface area (Å²) in [6.07, 6.45) is 1.89. The lowest BCUT2D eigenvalue weighted by atomic mass is 10.3. The molecule has 0 aliphatic carbocycles. The summed E-state index contributed by atoms with van der Waals surface area (Å²) in [5.41, 5.74) is 0.280. The number of alkyl halides is 2. The summed E-state index contributed by atoms with van der Waals surface area (Å²) in [6, 6.07) is 0. The van der Waals surface area contributed by atoms with Gasteiger partial charge in [-0.25, -0.2) is 4.99 Å². The smallest absolute Gasteiger partial charge is 0.264 e. The molecule has 0 radical (unpaired) electrons. The Hall–Kier alpha value is -0.0600. The van der Waals surface area contributed by atoms with Gasteiger partial charge in [0, 0.05) is 6.21 Å². The molecule has 1 unspecified atom stereocenters. The Labute approximate surface area is 81.6 Å². The molecule has 0 amide bonds. The van der Waals surface area contributed by atoms with E-state index in [1.165, 1.54) is 6.21 Å². The van der Waals surface area contributed by atoms with Gasteiger partial charge >= 0.3 is 0 Å². The molecule has 0 aromatic rings. The molecule has 1 heterocycles. The number of aldehydes is 1. The zero-order chi connectivity index (χ0) is 8.48. The van der Waals surface area contributed by atoms with Crippen molar-refractivity contribution in [2.75, 3.05) is 0 Å². The standard InChI is InChI=1S/C5H3BrCl2N2O/c6-5(8)9-1-3(2-11)4(7)10-5/h1-2,10H. The zero-order valence-electron chi connectivity index (χ0n) is 5.14. The minimum absolute atomic E-state index is 0.182. The van der Waals surface area contributed by atoms with Crippen LogP contribution < -0.4 is 5.32 Å². The molecule has 11 heavy (non-hydrogen) atoms. The quantitative estimate of drug-likeness (QED) is 0.440. The fraction of sp³-hybridized carbons (Fsp3) is 0.200. The molecule has 0 bridgehead atoms. The number of aliphatic imine (C=N–C) groups is 1. The Morgan fingerprint density at radius 1 is 1.82 bits per heavy atom. The van der Waals surface area contributed by atoms with Gasteiger partial charge in [-0.3, -0.25) is 4.79 Å². The minimum Gasteiger partial charge on any atom is -0.329 e. The van der Waals surface area contributed by atoms with Gasteiger partial charge < -0.3 is 5.32 Å². The van der Waals surface area contributed by atoms with Crippen LogP contribution in [0, 0.1) is 0 Å². The number of allylic oxidation sites excluding steroid dienone is 1. The van der Waals surface area contributed by atoms with E-state index in [0.717, 1.165) is 0 Å². The van der Waals surface area contributed by atoms with Crippen molar-refractivity contribution in [1.82, 2.24) is 5.32 Å². The van der Waals surface area contributed by atoms with Gasteiger partial charge in [0.1, 0.15) is 5.16 Å². The lowest BCUT2D eigenvalue weighted by molar-refractivity contribution is -0.104. The van der Waals surface area contributed by atoms with Crippen molar-refractivity contribution in [3.05, 3.63) is 10.7 Å². The molecule has 6 heteroatoms. The monoisotopic (exact) mass is 256 g/mol. The van der Waals surface area contributed by atoms with Crippen LogP contribution in [0.2, 0.25) is 0 Å². The average molecular weight is 258 g/mol. The van der Waals surface area contributed by atoms with Crippen molar-refractivity contribution in [2.45, 2.75) is 4.03 Å². The maximum Gasteiger partial charge on any atom is 0.264 e. The number of nitrogens with one attached hydrogen (secondary N) is 1. The number of halogens is 3. The third-order valence-electron chi connectivity index (χ3n) is 1.01. The number of nitrogens with zero attached hydrogens (tertiary/aromatic N) is 1. The second-order valence-corrected chi connectivity index (χ2v) is 4.34. The molecular weight excluding hydrogens is 255 g/mol. The number of hydrogen-bond donors (Lipinski definition) is 1. The van der Waals surface area contributed by atoms with Crippen LogP contribution in [0.15, 0.2) is 15.7 Å². The van der Waals surface area contributed by atoms with Gasteiger partial charge in [0.05, 0.1) is 5.57 Å². The molecule has 0 saturated carbocycles. The van der Waals surface area contributed by atoms with Crippen molar-refractivity contribution in [1.29, 1.82) is 0 Å². The molecule has 1 rings (SSSR count). The zero-order valence-corrected chi connectivity index (χ0v) is 8.24. The van der Waals surface area contributed by atoms with E-state index in [0.29, 0.717) is 6.29 Å². The van der Waals surface area contributed by atoms with E-state index in [1.54, 1.807) is 0 Å². The summed E-state index contributed by atoms with van der Waals surface area (Å²) in [4.78, 5) is 14.0. The molecule has 0 aromatic carbocycles. The van der Waals surface area contributed by atoms with Gasteiger partial charge in [-0.2, -0.15) is 0 Å². The Kier molecular flexibility index (Phi) is 2.57. The Morgan fingerprint density at radius 2 is 2.45 bits per heavy atom. The van der Waals surface area contributed by atoms with Crippen molar-refractivity contribution in [3.8, 4) is 0 Å². The third kappa shape index (κ3) is 2.18. The third-order valence-corrected chi connectivity index (χ3v) is 1.91. The van der Waals surface area contributed by atoms with E-state index < -0.39 is 4.03 Å². The lowest BCUT2D eigenvalue weighted by Gasteiger charge is -2.21. The normalized spacial score (nSPS) is 30.1. The molecule has 1 atom stereocenters. The van der Waals surface area contributed by atoms with E-state index in [4.69, 9.17) is 23.2 Å². The summed E-state index contributed by atoms with van der Waals surface area (Å²) in [7, 11) is 0. The van der Waals surface area contributed by atoms with Crippen LogP contribution in [0.1, 0.15) is 0 Å². The van der Waals surface area contributed by atoms with Crippen LogP contribution in [0.25, 0.3) is 0 Å². The van der Waals surface area contributed by atoms with Crippen LogP contribution in [-0.4, -0.2) is 16.5 Å². The van der Waals surface area contributed by atoms with E-state index in [2.05, 4.69) is 26.2 Å². The summed E-state index contributed by atoms with van der Waals surface area (Å²) in [6.45, 7) is 0. The highest BCUT2D eigenvalue weighted by molar-refractivity contribution is 9.10. The SMILES string of the molecule is O=CC1=C(Cl)NC(Cl)(Br)N=C1. The second kappa shape index (κ2) is 3.13. The molecule has 1 aliphatic rings. The Balaban J connectivity index is 2.91. The second-order valence-electron chi connectivity index (χ2n) is 1.81. The van der Waals surface area contributed by atoms with Gasteiger partial charge in [-0.15, -0.1) is 0 Å². The van der Waals surface area contributed by atoms with E-state index >= 15 is 0 Å². The van der Waals surface area contributed by atoms with Gasteiger partial charge in [-0.05, 0) is 15.9 Å². The van der Waals surface area contributed by atoms with Crippen LogP contribution in [-0.2, 0) is 4.79 Å². The first-order valence-corrected chi connectivity index (χ1v) is 4.16. The van der Waals surface area contributed by atoms with Crippen LogP contribution in [0.3, 0.4) is 0 Å². The summed E-state index contributed by atoms with van der Waals surface area (Å²) in [5, 5.41) is 2.74. The lowest BCUT2D eigenvalue weighted by Crippen LogP contribution is -2.33. The highest BCUT2D eigenvalue weighted by Gasteiger charge is 2.25. The predicted octanol–water partition coefficient (Wildman–Crippen LogP) is 1.55. The molecule has 0 spiro atoms. The van der Waals surface area contributed by atoms with Gasteiger partial charge in [0.15, 0.2) is 6.29 Å².